The first kappa shape index (κ1) is 10.0. The number of hydrogen-bond donors (Lipinski definition) is 1. The van der Waals surface area contributed by atoms with Crippen LogP contribution in [-0.2, 0) is 18.0 Å². The highest BCUT2D eigenvalue weighted by Gasteiger charge is 2.20. The molecule has 86 valence electrons. The zero-order chi connectivity index (χ0) is 11.8. The van der Waals surface area contributed by atoms with Gasteiger partial charge in [0.25, 0.3) is 0 Å². The molecule has 0 fully saturated rings. The minimum atomic E-state index is -0.955. The van der Waals surface area contributed by atoms with Gasteiger partial charge in [-0.05, 0) is 12.1 Å². The van der Waals surface area contributed by atoms with E-state index in [9.17, 15) is 4.79 Å². The maximum atomic E-state index is 11.1. The van der Waals surface area contributed by atoms with E-state index in [0.717, 1.165) is 11.3 Å². The Balaban J connectivity index is 2.18. The highest BCUT2D eigenvalue weighted by molar-refractivity contribution is 5.91. The summed E-state index contributed by atoms with van der Waals surface area (Å²) in [6.07, 6.45) is 1.72. The predicted molar refractivity (Wildman–Crippen MR) is 59.0 cm³/mol. The van der Waals surface area contributed by atoms with Crippen molar-refractivity contribution in [1.29, 1.82) is 0 Å². The van der Waals surface area contributed by atoms with Crippen molar-refractivity contribution < 1.29 is 14.6 Å². The number of ether oxygens (including phenoxy) is 1. The van der Waals surface area contributed by atoms with Crippen LogP contribution in [0.15, 0.2) is 30.5 Å². The van der Waals surface area contributed by atoms with Crippen molar-refractivity contribution in [3.05, 3.63) is 47.3 Å². The van der Waals surface area contributed by atoms with Crippen LogP contribution in [0.4, 0.5) is 0 Å². The standard InChI is InChI=1S/C12H10N2O3/c15-12(16)9-3-1-2-4-10(9)14-11-7-17-6-8(11)5-13-14/h1-5H,6-7H2,(H,15,16). The summed E-state index contributed by atoms with van der Waals surface area (Å²) in [5, 5.41) is 13.4. The van der Waals surface area contributed by atoms with Crippen LogP contribution in [0.5, 0.6) is 0 Å². The first-order valence-corrected chi connectivity index (χ1v) is 5.23. The summed E-state index contributed by atoms with van der Waals surface area (Å²) in [4.78, 5) is 11.1. The van der Waals surface area contributed by atoms with Gasteiger partial charge in [0, 0.05) is 5.56 Å². The van der Waals surface area contributed by atoms with Gasteiger partial charge in [-0.1, -0.05) is 12.1 Å². The number of carboxylic acids is 1. The lowest BCUT2D eigenvalue weighted by molar-refractivity contribution is 0.0696. The molecule has 1 aromatic heterocycles. The summed E-state index contributed by atoms with van der Waals surface area (Å²) < 4.78 is 6.95. The number of fused-ring (bicyclic) bond motifs is 1. The molecule has 2 aromatic rings. The van der Waals surface area contributed by atoms with Gasteiger partial charge in [-0.25, -0.2) is 9.48 Å². The lowest BCUT2D eigenvalue weighted by atomic mass is 10.1. The Morgan fingerprint density at radius 2 is 2.18 bits per heavy atom. The van der Waals surface area contributed by atoms with Crippen LogP contribution in [0, 0.1) is 0 Å². The Hall–Kier alpha value is -2.14. The van der Waals surface area contributed by atoms with E-state index in [1.54, 1.807) is 35.1 Å². The Bertz CT molecular complexity index is 589. The van der Waals surface area contributed by atoms with E-state index in [-0.39, 0.29) is 5.56 Å². The largest absolute Gasteiger partial charge is 0.478 e. The number of rotatable bonds is 2. The van der Waals surface area contributed by atoms with E-state index in [0.29, 0.717) is 18.9 Å². The molecule has 5 nitrogen and oxygen atoms in total. The number of carboxylic acid groups (broad SMARTS) is 1. The molecule has 0 radical (unpaired) electrons. The van der Waals surface area contributed by atoms with E-state index >= 15 is 0 Å². The molecule has 0 bridgehead atoms. The number of nitrogens with zero attached hydrogens (tertiary/aromatic N) is 2. The predicted octanol–water partition coefficient (Wildman–Crippen LogP) is 1.60. The van der Waals surface area contributed by atoms with Gasteiger partial charge in [0.1, 0.15) is 0 Å². The van der Waals surface area contributed by atoms with Crippen molar-refractivity contribution in [2.45, 2.75) is 13.2 Å². The molecule has 0 spiro atoms. The normalized spacial score (nSPS) is 13.6. The average Bonchev–Trinajstić information content (AvgIpc) is 2.90. The first-order valence-electron chi connectivity index (χ1n) is 5.23. The van der Waals surface area contributed by atoms with Gasteiger partial charge in [0.2, 0.25) is 0 Å². The average molecular weight is 230 g/mol. The Morgan fingerprint density at radius 1 is 1.35 bits per heavy atom. The Kier molecular flexibility index (Phi) is 2.19. The molecule has 2 heterocycles. The second-order valence-corrected chi connectivity index (χ2v) is 3.84. The second-order valence-electron chi connectivity index (χ2n) is 3.84. The molecule has 1 aliphatic heterocycles. The highest BCUT2D eigenvalue weighted by atomic mass is 16.5. The summed E-state index contributed by atoms with van der Waals surface area (Å²) in [5.41, 5.74) is 2.76. The smallest absolute Gasteiger partial charge is 0.337 e. The summed E-state index contributed by atoms with van der Waals surface area (Å²) in [6.45, 7) is 1.02. The van der Waals surface area contributed by atoms with Crippen molar-refractivity contribution in [2.75, 3.05) is 0 Å². The van der Waals surface area contributed by atoms with Crippen LogP contribution < -0.4 is 0 Å². The van der Waals surface area contributed by atoms with Gasteiger partial charge < -0.3 is 9.84 Å². The minimum absolute atomic E-state index is 0.241. The van der Waals surface area contributed by atoms with Gasteiger partial charge in [-0.3, -0.25) is 0 Å². The second kappa shape index (κ2) is 3.71. The third kappa shape index (κ3) is 1.52. The van der Waals surface area contributed by atoms with Crippen molar-refractivity contribution in [2.24, 2.45) is 0 Å². The van der Waals surface area contributed by atoms with Crippen molar-refractivity contribution in [3.8, 4) is 5.69 Å². The first-order chi connectivity index (χ1) is 8.27. The molecular formula is C12H10N2O3. The zero-order valence-corrected chi connectivity index (χ0v) is 8.96. The number of aromatic carboxylic acids is 1. The van der Waals surface area contributed by atoms with Crippen LogP contribution in [0.1, 0.15) is 21.6 Å². The number of carbonyl (C=O) groups is 1. The zero-order valence-electron chi connectivity index (χ0n) is 8.96. The third-order valence-electron chi connectivity index (χ3n) is 2.81. The van der Waals surface area contributed by atoms with Gasteiger partial charge >= 0.3 is 5.97 Å². The minimum Gasteiger partial charge on any atom is -0.478 e. The molecule has 0 amide bonds. The summed E-state index contributed by atoms with van der Waals surface area (Å²) in [7, 11) is 0. The van der Waals surface area contributed by atoms with Gasteiger partial charge in [0.05, 0.1) is 36.4 Å². The van der Waals surface area contributed by atoms with Crippen LogP contribution in [0.25, 0.3) is 5.69 Å². The Labute approximate surface area is 97.3 Å². The van der Waals surface area contributed by atoms with Gasteiger partial charge in [-0.15, -0.1) is 0 Å². The molecule has 3 rings (SSSR count). The lowest BCUT2D eigenvalue weighted by Gasteiger charge is -2.08. The number of aromatic nitrogens is 2. The van der Waals surface area contributed by atoms with Crippen molar-refractivity contribution in [1.82, 2.24) is 9.78 Å². The molecule has 0 atom stereocenters. The van der Waals surface area contributed by atoms with Crippen LogP contribution in [-0.4, -0.2) is 20.9 Å². The van der Waals surface area contributed by atoms with Crippen LogP contribution in [0.2, 0.25) is 0 Å². The maximum Gasteiger partial charge on any atom is 0.337 e. The molecule has 0 aliphatic carbocycles. The van der Waals surface area contributed by atoms with Gasteiger partial charge in [-0.2, -0.15) is 5.10 Å². The fraction of sp³-hybridized carbons (Fsp3) is 0.167. The fourth-order valence-corrected chi connectivity index (χ4v) is 1.99. The lowest BCUT2D eigenvalue weighted by Crippen LogP contribution is -2.08. The summed E-state index contributed by atoms with van der Waals surface area (Å²) >= 11 is 0. The molecule has 0 saturated carbocycles. The summed E-state index contributed by atoms with van der Waals surface area (Å²) in [6, 6.07) is 6.81. The van der Waals surface area contributed by atoms with Crippen LogP contribution >= 0.6 is 0 Å². The van der Waals surface area contributed by atoms with E-state index in [1.807, 2.05) is 0 Å². The SMILES string of the molecule is O=C(O)c1ccccc1-n1ncc2c1COC2. The fourth-order valence-electron chi connectivity index (χ4n) is 1.99. The summed E-state index contributed by atoms with van der Waals surface area (Å²) in [5.74, 6) is -0.955. The number of benzene rings is 1. The molecule has 17 heavy (non-hydrogen) atoms. The van der Waals surface area contributed by atoms with Crippen LogP contribution in [0.3, 0.4) is 0 Å². The van der Waals surface area contributed by atoms with E-state index in [1.165, 1.54) is 0 Å². The highest BCUT2D eigenvalue weighted by Crippen LogP contribution is 2.24. The quantitative estimate of drug-likeness (QED) is 0.851. The maximum absolute atomic E-state index is 11.1. The van der Waals surface area contributed by atoms with Gasteiger partial charge in [0.15, 0.2) is 0 Å². The van der Waals surface area contributed by atoms with Crippen molar-refractivity contribution >= 4 is 5.97 Å². The molecule has 0 saturated heterocycles. The molecule has 1 aromatic carbocycles. The number of para-hydroxylation sites is 1. The van der Waals surface area contributed by atoms with E-state index < -0.39 is 5.97 Å². The molecule has 1 N–H and O–H groups in total. The van der Waals surface area contributed by atoms with E-state index in [4.69, 9.17) is 9.84 Å². The third-order valence-corrected chi connectivity index (χ3v) is 2.81. The molecule has 1 aliphatic rings. The topological polar surface area (TPSA) is 64.3 Å². The Morgan fingerprint density at radius 3 is 3.00 bits per heavy atom. The molecule has 5 heteroatoms. The number of hydrogen-bond acceptors (Lipinski definition) is 3. The van der Waals surface area contributed by atoms with E-state index in [2.05, 4.69) is 5.10 Å². The molecular weight excluding hydrogens is 220 g/mol. The van der Waals surface area contributed by atoms with Crippen molar-refractivity contribution in [3.63, 3.8) is 0 Å². The monoisotopic (exact) mass is 230 g/mol. The molecule has 0 unspecified atom stereocenters.